The zero-order chi connectivity index (χ0) is 30.0. The summed E-state index contributed by atoms with van der Waals surface area (Å²) < 4.78 is 44.1. The van der Waals surface area contributed by atoms with Gasteiger partial charge in [-0.2, -0.15) is 0 Å². The molecule has 2 aromatic carbocycles. The molecule has 0 radical (unpaired) electrons. The number of rotatable bonds is 11. The molecular weight excluding hydrogens is 553 g/mol. The molecule has 3 aliphatic rings. The normalized spacial score (nSPS) is 23.1. The summed E-state index contributed by atoms with van der Waals surface area (Å²) in [5.41, 5.74) is 2.64. The monoisotopic (exact) mass is 594 g/mol. The lowest BCUT2D eigenvalue weighted by Crippen LogP contribution is -2.53. The quantitative estimate of drug-likeness (QED) is 0.268. The van der Waals surface area contributed by atoms with E-state index < -0.39 is 12.4 Å². The van der Waals surface area contributed by atoms with Crippen LogP contribution >= 0.6 is 0 Å². The summed E-state index contributed by atoms with van der Waals surface area (Å²) in [6.07, 6.45) is 5.21. The second-order valence-corrected chi connectivity index (χ2v) is 12.8. The van der Waals surface area contributed by atoms with Crippen molar-refractivity contribution in [2.75, 3.05) is 32.7 Å². The van der Waals surface area contributed by atoms with E-state index in [-0.39, 0.29) is 41.5 Å². The predicted molar refractivity (Wildman–Crippen MR) is 159 cm³/mol. The number of carboxylic acid groups (broad SMARTS) is 1. The fourth-order valence-electron chi connectivity index (χ4n) is 7.72. The Bertz CT molecular complexity index is 1390. The highest BCUT2D eigenvalue weighted by molar-refractivity contribution is 5.66. The average molecular weight is 595 g/mol. The van der Waals surface area contributed by atoms with Crippen LogP contribution < -0.4 is 0 Å². The Balaban J connectivity index is 1.13. The van der Waals surface area contributed by atoms with Crippen molar-refractivity contribution < 1.29 is 23.1 Å². The predicted octanol–water partition coefficient (Wildman–Crippen LogP) is 6.69. The molecular formula is C34H41F3N4O2. The maximum Gasteiger partial charge on any atom is 0.303 e. The number of benzene rings is 2. The van der Waals surface area contributed by atoms with E-state index in [9.17, 15) is 23.1 Å². The van der Waals surface area contributed by atoms with E-state index in [2.05, 4.69) is 14.8 Å². The van der Waals surface area contributed by atoms with E-state index in [1.165, 1.54) is 6.07 Å². The largest absolute Gasteiger partial charge is 0.481 e. The van der Waals surface area contributed by atoms with Crippen LogP contribution in [0.4, 0.5) is 13.2 Å². The first-order valence-corrected chi connectivity index (χ1v) is 15.6. The molecule has 230 valence electrons. The number of piperidine rings is 1. The zero-order valence-corrected chi connectivity index (χ0v) is 24.6. The van der Waals surface area contributed by atoms with Crippen LogP contribution in [-0.2, 0) is 11.2 Å². The Labute approximate surface area is 251 Å². The fraction of sp³-hybridized carbons (Fsp3) is 0.529. The Morgan fingerprint density at radius 3 is 2.47 bits per heavy atom. The number of carbonyl (C=O) groups is 1. The number of likely N-dealkylation sites (tertiary alicyclic amines) is 2. The lowest BCUT2D eigenvalue weighted by molar-refractivity contribution is -0.138. The molecule has 0 amide bonds. The maximum atomic E-state index is 14.3. The van der Waals surface area contributed by atoms with E-state index >= 15 is 0 Å². The van der Waals surface area contributed by atoms with Crippen molar-refractivity contribution in [2.45, 2.75) is 75.3 Å². The molecule has 2 aliphatic heterocycles. The molecule has 2 atom stereocenters. The van der Waals surface area contributed by atoms with Crippen molar-refractivity contribution in [1.29, 1.82) is 0 Å². The third kappa shape index (κ3) is 6.68. The lowest BCUT2D eigenvalue weighted by Gasteiger charge is -2.49. The van der Waals surface area contributed by atoms with Crippen molar-refractivity contribution in [2.24, 2.45) is 5.92 Å². The Morgan fingerprint density at radius 1 is 1.05 bits per heavy atom. The number of halogens is 3. The molecule has 0 bridgehead atoms. The van der Waals surface area contributed by atoms with E-state index in [0.717, 1.165) is 76.0 Å². The number of hydrogen-bond donors (Lipinski definition) is 1. The lowest BCUT2D eigenvalue weighted by atomic mass is 9.72. The van der Waals surface area contributed by atoms with E-state index in [4.69, 9.17) is 0 Å². The van der Waals surface area contributed by atoms with E-state index in [0.29, 0.717) is 18.5 Å². The number of alkyl halides is 2. The van der Waals surface area contributed by atoms with Gasteiger partial charge in [-0.1, -0.05) is 42.5 Å². The van der Waals surface area contributed by atoms with Gasteiger partial charge in [-0.15, -0.1) is 0 Å². The smallest absolute Gasteiger partial charge is 0.303 e. The fourth-order valence-corrected chi connectivity index (χ4v) is 7.72. The first-order valence-electron chi connectivity index (χ1n) is 15.6. The maximum absolute atomic E-state index is 14.3. The minimum absolute atomic E-state index is 0.0226. The van der Waals surface area contributed by atoms with Crippen LogP contribution in [0.25, 0.3) is 0 Å². The van der Waals surface area contributed by atoms with Crippen molar-refractivity contribution in [3.8, 4) is 0 Å². The van der Waals surface area contributed by atoms with Gasteiger partial charge in [0.2, 0.25) is 0 Å². The Hall–Kier alpha value is -3.17. The summed E-state index contributed by atoms with van der Waals surface area (Å²) in [5.74, 6) is -0.694. The summed E-state index contributed by atoms with van der Waals surface area (Å²) in [7, 11) is 0. The van der Waals surface area contributed by atoms with Crippen LogP contribution in [0.3, 0.4) is 0 Å². The van der Waals surface area contributed by atoms with Gasteiger partial charge < -0.3 is 14.6 Å². The number of imidazole rings is 1. The standard InChI is InChI=1S/C34H41F3N4O2/c35-27-9-4-8-25(19-27)30-23-40(34(13-5-14-34)15-10-31(42)43)21-26(30)20-39-16-11-29(12-17-39)41-22-28(38-33(41)32(36)37)18-24-6-2-1-3-7-24/h1-4,6-9,19,22,26,29-30,32H,5,10-18,20-21,23H2,(H,42,43)/t26-,30+/m0/s1. The molecule has 3 aromatic rings. The third-order valence-corrected chi connectivity index (χ3v) is 10.2. The highest BCUT2D eigenvalue weighted by Gasteiger charge is 2.48. The highest BCUT2D eigenvalue weighted by atomic mass is 19.3. The van der Waals surface area contributed by atoms with Crippen LogP contribution in [0.15, 0.2) is 60.8 Å². The molecule has 9 heteroatoms. The molecule has 1 aromatic heterocycles. The zero-order valence-electron chi connectivity index (χ0n) is 24.6. The van der Waals surface area contributed by atoms with Crippen LogP contribution in [0, 0.1) is 11.7 Å². The molecule has 1 saturated carbocycles. The summed E-state index contributed by atoms with van der Waals surface area (Å²) in [6, 6.07) is 16.7. The minimum Gasteiger partial charge on any atom is -0.481 e. The van der Waals surface area contributed by atoms with Crippen LogP contribution in [0.1, 0.15) is 86.0 Å². The second-order valence-electron chi connectivity index (χ2n) is 12.8. The van der Waals surface area contributed by atoms with Crippen LogP contribution in [0.2, 0.25) is 0 Å². The second kappa shape index (κ2) is 12.8. The third-order valence-electron chi connectivity index (χ3n) is 10.2. The Kier molecular flexibility index (Phi) is 8.91. The van der Waals surface area contributed by atoms with Gasteiger partial charge in [-0.3, -0.25) is 9.69 Å². The first kappa shape index (κ1) is 29.9. The number of carboxylic acids is 1. The highest BCUT2D eigenvalue weighted by Crippen LogP contribution is 2.47. The first-order chi connectivity index (χ1) is 20.8. The van der Waals surface area contributed by atoms with Crippen molar-refractivity contribution >= 4 is 5.97 Å². The molecule has 2 saturated heterocycles. The van der Waals surface area contributed by atoms with E-state index in [1.54, 1.807) is 16.7 Å². The van der Waals surface area contributed by atoms with Crippen molar-refractivity contribution in [3.05, 3.63) is 89.3 Å². The molecule has 0 spiro atoms. The molecule has 6 rings (SSSR count). The Morgan fingerprint density at radius 2 is 1.81 bits per heavy atom. The molecule has 0 unspecified atom stereocenters. The van der Waals surface area contributed by atoms with Crippen molar-refractivity contribution in [1.82, 2.24) is 19.4 Å². The van der Waals surface area contributed by atoms with Gasteiger partial charge in [-0.25, -0.2) is 18.2 Å². The summed E-state index contributed by atoms with van der Waals surface area (Å²) in [5, 5.41) is 9.37. The summed E-state index contributed by atoms with van der Waals surface area (Å²) >= 11 is 0. The average Bonchev–Trinajstić information content (AvgIpc) is 3.58. The molecule has 43 heavy (non-hydrogen) atoms. The molecule has 6 nitrogen and oxygen atoms in total. The van der Waals surface area contributed by atoms with Gasteiger partial charge in [0, 0.05) is 69.3 Å². The van der Waals surface area contributed by atoms with Gasteiger partial charge >= 0.3 is 5.97 Å². The summed E-state index contributed by atoms with van der Waals surface area (Å²) in [4.78, 5) is 20.7. The number of aliphatic carboxylic acids is 1. The van der Waals surface area contributed by atoms with Crippen LogP contribution in [-0.4, -0.2) is 68.7 Å². The number of hydrogen-bond acceptors (Lipinski definition) is 4. The van der Waals surface area contributed by atoms with Crippen molar-refractivity contribution in [3.63, 3.8) is 0 Å². The SMILES string of the molecule is O=C(O)CCC1(N2C[C@H](CN3CCC(n4cc(Cc5ccccc5)nc4C(F)F)CC3)[C@@H](c3cccc(F)c3)C2)CCC1. The molecule has 1 N–H and O–H groups in total. The van der Waals surface area contributed by atoms with E-state index in [1.807, 2.05) is 42.6 Å². The van der Waals surface area contributed by atoms with Gasteiger partial charge in [0.05, 0.1) is 5.69 Å². The molecule has 3 heterocycles. The minimum atomic E-state index is -2.63. The molecule has 1 aliphatic carbocycles. The number of aromatic nitrogens is 2. The summed E-state index contributed by atoms with van der Waals surface area (Å²) in [6.45, 7) is 4.12. The topological polar surface area (TPSA) is 61.6 Å². The van der Waals surface area contributed by atoms with Gasteiger partial charge in [0.25, 0.3) is 6.43 Å². The van der Waals surface area contributed by atoms with Gasteiger partial charge in [-0.05, 0) is 67.7 Å². The molecule has 3 fully saturated rings. The number of nitrogens with zero attached hydrogens (tertiary/aromatic N) is 4. The van der Waals surface area contributed by atoms with Crippen LogP contribution in [0.5, 0.6) is 0 Å². The van der Waals surface area contributed by atoms with Gasteiger partial charge in [0.1, 0.15) is 5.82 Å². The van der Waals surface area contributed by atoms with Gasteiger partial charge in [0.15, 0.2) is 5.82 Å².